The van der Waals surface area contributed by atoms with Gasteiger partial charge in [0.25, 0.3) is 10.0 Å². The van der Waals surface area contributed by atoms with Gasteiger partial charge in [0.1, 0.15) is 11.2 Å². The minimum absolute atomic E-state index is 0.0380. The second-order valence-corrected chi connectivity index (χ2v) is 17.2. The third-order valence-electron chi connectivity index (χ3n) is 11.2. The smallest absolute Gasteiger partial charge is 0.260 e. The summed E-state index contributed by atoms with van der Waals surface area (Å²) in [6.45, 7) is 2.79. The zero-order chi connectivity index (χ0) is 38.9. The fraction of sp³-hybridized carbons (Fsp3) is 0.350. The Kier molecular flexibility index (Phi) is 9.62. The Balaban J connectivity index is 0.977. The van der Waals surface area contributed by atoms with Gasteiger partial charge in [0, 0.05) is 55.3 Å². The molecule has 2 aliphatic carbocycles. The summed E-state index contributed by atoms with van der Waals surface area (Å²) in [6.07, 6.45) is 5.61. The molecule has 4 heterocycles. The predicted octanol–water partition coefficient (Wildman–Crippen LogP) is 6.68. The number of likely N-dealkylation sites (tertiary alicyclic amines) is 2. The van der Waals surface area contributed by atoms with Gasteiger partial charge in [-0.05, 0) is 55.5 Å². The number of hydrogen-bond acceptors (Lipinski definition) is 11. The summed E-state index contributed by atoms with van der Waals surface area (Å²) >= 11 is 14.2. The molecule has 2 fully saturated rings. The Morgan fingerprint density at radius 1 is 1.04 bits per heavy atom. The lowest BCUT2D eigenvalue weighted by Gasteiger charge is -2.24. The summed E-state index contributed by atoms with van der Waals surface area (Å²) in [7, 11) is -2.22. The van der Waals surface area contributed by atoms with E-state index in [-0.39, 0.29) is 28.5 Å². The average molecular weight is 820 g/mol. The number of benzene rings is 3. The molecular weight excluding hydrogens is 782 g/mol. The van der Waals surface area contributed by atoms with Crippen molar-refractivity contribution in [2.45, 2.75) is 50.8 Å². The molecule has 4 aliphatic rings. The Bertz CT molecular complexity index is 2570. The summed E-state index contributed by atoms with van der Waals surface area (Å²) in [6, 6.07) is 12.6. The van der Waals surface area contributed by atoms with Crippen molar-refractivity contribution < 1.29 is 31.9 Å². The van der Waals surface area contributed by atoms with E-state index in [1.165, 1.54) is 0 Å². The van der Waals surface area contributed by atoms with Crippen molar-refractivity contribution in [3.63, 3.8) is 0 Å². The van der Waals surface area contributed by atoms with E-state index in [1.807, 2.05) is 30.3 Å². The number of halogens is 3. The molecule has 16 heteroatoms. The molecule has 0 saturated carbocycles. The van der Waals surface area contributed by atoms with Crippen LogP contribution in [0.3, 0.4) is 0 Å². The molecule has 1 amide bonds. The highest BCUT2D eigenvalue weighted by Crippen LogP contribution is 2.45. The number of carbonyl (C=O) groups excluding carboxylic acids is 1. The topological polar surface area (TPSA) is 151 Å². The van der Waals surface area contributed by atoms with Crippen LogP contribution in [-0.4, -0.2) is 83.6 Å². The van der Waals surface area contributed by atoms with E-state index in [9.17, 15) is 18.3 Å². The predicted molar refractivity (Wildman–Crippen MR) is 209 cm³/mol. The number of ether oxygens (including phenoxy) is 1. The summed E-state index contributed by atoms with van der Waals surface area (Å²) in [5, 5.41) is 10.7. The molecular formula is C40H37Cl2FN6O6S. The van der Waals surface area contributed by atoms with Crippen LogP contribution in [0.1, 0.15) is 48.5 Å². The number of oxazole rings is 1. The van der Waals surface area contributed by atoms with Crippen LogP contribution in [0.15, 0.2) is 64.1 Å². The van der Waals surface area contributed by atoms with Crippen LogP contribution in [0.25, 0.3) is 44.9 Å². The van der Waals surface area contributed by atoms with Gasteiger partial charge in [0.2, 0.25) is 17.7 Å². The number of rotatable bonds is 10. The van der Waals surface area contributed by atoms with Crippen molar-refractivity contribution in [2.75, 3.05) is 33.3 Å². The van der Waals surface area contributed by atoms with E-state index >= 15 is 4.39 Å². The first-order chi connectivity index (χ1) is 27.0. The molecule has 0 spiro atoms. The molecule has 2 saturated heterocycles. The number of nitrogens with zero attached hydrogens (tertiary/aromatic N) is 5. The zero-order valence-electron chi connectivity index (χ0n) is 30.3. The number of methoxy groups -OCH3 is 1. The zero-order valence-corrected chi connectivity index (χ0v) is 32.6. The maximum absolute atomic E-state index is 16.2. The summed E-state index contributed by atoms with van der Waals surface area (Å²) in [5.41, 5.74) is 5.23. The highest BCUT2D eigenvalue weighted by Gasteiger charge is 2.39. The summed E-state index contributed by atoms with van der Waals surface area (Å²) in [4.78, 5) is 31.4. The maximum atomic E-state index is 16.2. The summed E-state index contributed by atoms with van der Waals surface area (Å²) < 4.78 is 54.7. The number of aliphatic hydroxyl groups is 1. The molecule has 2 aromatic heterocycles. The van der Waals surface area contributed by atoms with E-state index in [1.54, 1.807) is 31.5 Å². The quantitative estimate of drug-likeness (QED) is 0.155. The van der Waals surface area contributed by atoms with Gasteiger partial charge in [0.15, 0.2) is 11.4 Å². The van der Waals surface area contributed by atoms with Gasteiger partial charge in [-0.15, -0.1) is 0 Å². The number of aliphatic hydroxyl groups excluding tert-OH is 1. The van der Waals surface area contributed by atoms with E-state index in [2.05, 4.69) is 19.5 Å². The van der Waals surface area contributed by atoms with Crippen LogP contribution in [0.4, 0.5) is 4.39 Å². The van der Waals surface area contributed by atoms with Gasteiger partial charge in [-0.25, -0.2) is 27.5 Å². The minimum Gasteiger partial charge on any atom is -0.480 e. The van der Waals surface area contributed by atoms with Crippen molar-refractivity contribution in [1.29, 1.82) is 0 Å². The molecule has 12 nitrogen and oxygen atoms in total. The van der Waals surface area contributed by atoms with E-state index in [4.69, 9.17) is 42.3 Å². The van der Waals surface area contributed by atoms with Gasteiger partial charge in [0.05, 0.1) is 51.5 Å². The lowest BCUT2D eigenvalue weighted by Crippen LogP contribution is -2.36. The minimum atomic E-state index is -3.76. The van der Waals surface area contributed by atoms with Gasteiger partial charge in [-0.2, -0.15) is 0 Å². The molecule has 3 aromatic carbocycles. The average Bonchev–Trinajstić information content (AvgIpc) is 3.46. The molecule has 0 unspecified atom stereocenters. The van der Waals surface area contributed by atoms with E-state index in [0.717, 1.165) is 12.1 Å². The van der Waals surface area contributed by atoms with E-state index in [0.29, 0.717) is 119 Å². The molecule has 2 aliphatic heterocycles. The molecule has 0 radical (unpaired) electrons. The standard InChI is InChI=1S/C40H37Cl2FN6O6S/c1-54-40-32(20-48-14-13-22(50)19-48)44-17-31(46-40)27-6-2-4-24(34(27)41)25-5-3-7-28(35(25)42)39-45-30-16-29-26(36(43)37(30)55-39)10-11-33(29)49-15-12-21(18-49)38(51)47-56(52,53)23-8-9-23/h2-8,16-17,21-22,33,50H,9-15,18-20H2,1H3,(H,47,51)/t21-,22-,33-/m1/s1. The first-order valence-electron chi connectivity index (χ1n) is 18.5. The highest BCUT2D eigenvalue weighted by molar-refractivity contribution is 7.94. The monoisotopic (exact) mass is 818 g/mol. The third kappa shape index (κ3) is 6.75. The third-order valence-corrected chi connectivity index (χ3v) is 13.5. The molecule has 56 heavy (non-hydrogen) atoms. The van der Waals surface area contributed by atoms with Crippen LogP contribution in [-0.2, 0) is 27.8 Å². The Hall–Kier alpha value is -4.44. The van der Waals surface area contributed by atoms with Gasteiger partial charge >= 0.3 is 0 Å². The second-order valence-electron chi connectivity index (χ2n) is 14.7. The Morgan fingerprint density at radius 2 is 1.77 bits per heavy atom. The number of hydrogen-bond donors (Lipinski definition) is 2. The second kappa shape index (κ2) is 14.5. The SMILES string of the molecule is COc1nc(-c2cccc(-c3cccc(-c4nc5cc6c(c(F)c5o4)CC[C@H]6N4CC[C@@H](C(=O)NS(=O)(=O)C5=CC5)C4)c3Cl)c2Cl)cnc1CN1CC[C@@H](O)C1. The number of amides is 1. The van der Waals surface area contributed by atoms with Crippen molar-refractivity contribution >= 4 is 50.2 Å². The first kappa shape index (κ1) is 37.2. The molecule has 290 valence electrons. The van der Waals surface area contributed by atoms with Crippen molar-refractivity contribution in [2.24, 2.45) is 5.92 Å². The summed E-state index contributed by atoms with van der Waals surface area (Å²) in [5.74, 6) is -0.939. The number of fused-ring (bicyclic) bond motifs is 2. The molecule has 9 rings (SSSR count). The maximum Gasteiger partial charge on any atom is 0.260 e. The Morgan fingerprint density at radius 3 is 2.48 bits per heavy atom. The number of nitrogens with one attached hydrogen (secondary N) is 1. The highest BCUT2D eigenvalue weighted by atomic mass is 35.5. The van der Waals surface area contributed by atoms with Crippen molar-refractivity contribution in [1.82, 2.24) is 29.5 Å². The first-order valence-corrected chi connectivity index (χ1v) is 20.7. The lowest BCUT2D eigenvalue weighted by molar-refractivity contribution is -0.122. The number of aromatic nitrogens is 3. The molecule has 2 N–H and O–H groups in total. The van der Waals surface area contributed by atoms with Crippen LogP contribution >= 0.6 is 23.2 Å². The van der Waals surface area contributed by atoms with Crippen LogP contribution in [0.5, 0.6) is 5.88 Å². The van der Waals surface area contributed by atoms with Crippen molar-refractivity contribution in [3.05, 3.63) is 92.3 Å². The van der Waals surface area contributed by atoms with Gasteiger partial charge in [-0.3, -0.25) is 19.6 Å². The molecule has 5 aromatic rings. The Labute approximate surface area is 332 Å². The van der Waals surface area contributed by atoms with Crippen molar-refractivity contribution in [3.8, 4) is 39.7 Å². The molecule has 0 bridgehead atoms. The number of β-amino-alcohol motifs (C(OH)–C–C–N with tert-alkyl or cyclic N) is 1. The van der Waals surface area contributed by atoms with Crippen LogP contribution in [0.2, 0.25) is 10.0 Å². The lowest BCUT2D eigenvalue weighted by atomic mass is 9.99. The normalized spacial score (nSPS) is 21.1. The molecule has 3 atom stereocenters. The van der Waals surface area contributed by atoms with Crippen LogP contribution in [0, 0.1) is 11.7 Å². The number of sulfonamides is 1. The fourth-order valence-electron chi connectivity index (χ4n) is 8.20. The van der Waals surface area contributed by atoms with E-state index < -0.39 is 27.7 Å². The number of allylic oxidation sites excluding steroid dienone is 2. The largest absolute Gasteiger partial charge is 0.480 e. The number of carbonyl (C=O) groups is 1. The van der Waals surface area contributed by atoms with Crippen LogP contribution < -0.4 is 9.46 Å². The van der Waals surface area contributed by atoms with Gasteiger partial charge < -0.3 is 14.3 Å². The van der Waals surface area contributed by atoms with Gasteiger partial charge in [-0.1, -0.05) is 59.6 Å². The fourth-order valence-corrected chi connectivity index (χ4v) is 9.92.